The Morgan fingerprint density at radius 3 is 1.63 bits per heavy atom. The van der Waals surface area contributed by atoms with E-state index in [1.807, 2.05) is 12.1 Å². The molecule has 7 rings (SSSR count). The van der Waals surface area contributed by atoms with Gasteiger partial charge < -0.3 is 28.1 Å². The number of halogens is 6. The first-order valence-corrected chi connectivity index (χ1v) is 17.4. The highest BCUT2D eigenvalue weighted by molar-refractivity contribution is 6.34. The third-order valence-electron chi connectivity index (χ3n) is 7.46. The molecule has 1 aliphatic heterocycles. The molecule has 51 heavy (non-hydrogen) atoms. The summed E-state index contributed by atoms with van der Waals surface area (Å²) in [5.74, 6) is 1.22. The molecule has 0 radical (unpaired) electrons. The molecule has 0 N–H and O–H groups in total. The second-order valence-electron chi connectivity index (χ2n) is 11.0. The lowest BCUT2D eigenvalue weighted by molar-refractivity contribution is -0.176. The van der Waals surface area contributed by atoms with Gasteiger partial charge in [0.05, 0.1) is 61.4 Å². The minimum Gasteiger partial charge on any atom is -0.457 e. The molecule has 0 aliphatic carbocycles. The monoisotopic (exact) mass is 804 g/mol. The zero-order valence-corrected chi connectivity index (χ0v) is 30.9. The summed E-state index contributed by atoms with van der Waals surface area (Å²) < 4.78 is 26.7. The molecule has 0 bridgehead atoms. The van der Waals surface area contributed by atoms with E-state index >= 15 is 0 Å². The molecule has 9 nitrogen and oxygen atoms in total. The molecule has 262 valence electrons. The van der Waals surface area contributed by atoms with Crippen molar-refractivity contribution in [2.24, 2.45) is 0 Å². The van der Waals surface area contributed by atoms with Crippen molar-refractivity contribution in [1.82, 2.24) is 19.1 Å². The SMILES string of the molecule is Clc1ccc(Oc2ccc(C3(Cn4cncc4Cl)OCCO3)c(Cl)c2)cc1.O=C(Cn1cncc1Cl)c1ccc(Oc2ccc(Cl)cc2)cc1Cl. The number of aromatic nitrogens is 4. The van der Waals surface area contributed by atoms with Crippen molar-refractivity contribution in [3.8, 4) is 23.0 Å². The number of benzene rings is 4. The topological polar surface area (TPSA) is 89.6 Å². The van der Waals surface area contributed by atoms with Gasteiger partial charge in [0.15, 0.2) is 5.78 Å². The number of imidazole rings is 2. The van der Waals surface area contributed by atoms with Crippen molar-refractivity contribution < 1.29 is 23.7 Å². The fourth-order valence-corrected chi connectivity index (χ4v) is 6.19. The maximum Gasteiger partial charge on any atom is 0.215 e. The number of hydrogen-bond donors (Lipinski definition) is 0. The van der Waals surface area contributed by atoms with Gasteiger partial charge in [-0.1, -0.05) is 69.6 Å². The molecule has 0 saturated carbocycles. The fraction of sp³-hybridized carbons (Fsp3) is 0.139. The van der Waals surface area contributed by atoms with Crippen LogP contribution in [-0.2, 0) is 28.4 Å². The second kappa shape index (κ2) is 16.7. The van der Waals surface area contributed by atoms with Gasteiger partial charge in [-0.2, -0.15) is 0 Å². The lowest BCUT2D eigenvalue weighted by atomic mass is 10.1. The Bertz CT molecular complexity index is 2120. The van der Waals surface area contributed by atoms with Gasteiger partial charge in [-0.05, 0) is 78.9 Å². The minimum absolute atomic E-state index is 0.0654. The maximum atomic E-state index is 12.3. The van der Waals surface area contributed by atoms with Gasteiger partial charge in [0.25, 0.3) is 0 Å². The van der Waals surface area contributed by atoms with Crippen molar-refractivity contribution >= 4 is 75.4 Å². The molecule has 6 aromatic rings. The van der Waals surface area contributed by atoms with E-state index in [-0.39, 0.29) is 12.3 Å². The summed E-state index contributed by atoms with van der Waals surface area (Å²) in [6.07, 6.45) is 6.15. The van der Waals surface area contributed by atoms with Crippen LogP contribution in [0, 0.1) is 0 Å². The van der Waals surface area contributed by atoms with E-state index in [2.05, 4.69) is 9.97 Å². The molecule has 0 spiro atoms. The Balaban J connectivity index is 0.000000177. The average Bonchev–Trinajstić information content (AvgIpc) is 3.86. The number of Topliss-reactive ketones (excluding diaryl/α,β-unsaturated/α-hetero) is 1. The smallest absolute Gasteiger partial charge is 0.215 e. The molecular formula is C36H26Cl6N4O5. The summed E-state index contributed by atoms with van der Waals surface area (Å²) in [4.78, 5) is 20.3. The molecule has 0 atom stereocenters. The van der Waals surface area contributed by atoms with Crippen LogP contribution in [0.1, 0.15) is 15.9 Å². The summed E-state index contributed by atoms with van der Waals surface area (Å²) in [6, 6.07) is 24.3. The number of carbonyl (C=O) groups excluding carboxylic acids is 1. The normalized spacial score (nSPS) is 13.4. The van der Waals surface area contributed by atoms with Gasteiger partial charge in [-0.15, -0.1) is 0 Å². The van der Waals surface area contributed by atoms with E-state index in [1.54, 1.807) is 94.5 Å². The number of nitrogens with zero attached hydrogens (tertiary/aromatic N) is 4. The molecule has 15 heteroatoms. The van der Waals surface area contributed by atoms with Gasteiger partial charge in [0, 0.05) is 27.2 Å². The third kappa shape index (κ3) is 9.37. The molecular weight excluding hydrogens is 781 g/mol. The average molecular weight is 807 g/mol. The lowest BCUT2D eigenvalue weighted by Gasteiger charge is -2.29. The van der Waals surface area contributed by atoms with E-state index in [1.165, 1.54) is 12.5 Å². The first-order valence-electron chi connectivity index (χ1n) is 15.2. The first-order chi connectivity index (χ1) is 24.6. The lowest BCUT2D eigenvalue weighted by Crippen LogP contribution is -2.33. The van der Waals surface area contributed by atoms with Crippen LogP contribution in [0.25, 0.3) is 0 Å². The van der Waals surface area contributed by atoms with Crippen LogP contribution in [0.3, 0.4) is 0 Å². The predicted molar refractivity (Wildman–Crippen MR) is 198 cm³/mol. The van der Waals surface area contributed by atoms with Crippen LogP contribution in [0.5, 0.6) is 23.0 Å². The molecule has 4 aromatic carbocycles. The maximum absolute atomic E-state index is 12.3. The highest BCUT2D eigenvalue weighted by Gasteiger charge is 2.41. The number of ketones is 1. The van der Waals surface area contributed by atoms with Crippen LogP contribution < -0.4 is 9.47 Å². The quantitative estimate of drug-likeness (QED) is 0.127. The summed E-state index contributed by atoms with van der Waals surface area (Å²) in [7, 11) is 0. The zero-order chi connectivity index (χ0) is 36.0. The van der Waals surface area contributed by atoms with E-state index in [9.17, 15) is 4.79 Å². The predicted octanol–water partition coefficient (Wildman–Crippen LogP) is 11.1. The van der Waals surface area contributed by atoms with Crippen LogP contribution >= 0.6 is 69.6 Å². The second-order valence-corrected chi connectivity index (χ2v) is 13.4. The summed E-state index contributed by atoms with van der Waals surface area (Å²) in [5.41, 5.74) is 1.10. The van der Waals surface area contributed by atoms with Crippen molar-refractivity contribution in [3.63, 3.8) is 0 Å². The van der Waals surface area contributed by atoms with E-state index in [0.717, 1.165) is 0 Å². The number of ether oxygens (including phenoxy) is 4. The highest BCUT2D eigenvalue weighted by atomic mass is 35.5. The van der Waals surface area contributed by atoms with Gasteiger partial charge in [-0.3, -0.25) is 4.79 Å². The summed E-state index contributed by atoms with van der Waals surface area (Å²) in [6.45, 7) is 1.33. The van der Waals surface area contributed by atoms with Gasteiger partial charge in [0.2, 0.25) is 5.79 Å². The van der Waals surface area contributed by atoms with Gasteiger partial charge in [-0.25, -0.2) is 9.97 Å². The molecule has 1 fully saturated rings. The molecule has 0 unspecified atom stereocenters. The van der Waals surface area contributed by atoms with E-state index in [4.69, 9.17) is 88.6 Å². The Morgan fingerprint density at radius 2 is 1.14 bits per heavy atom. The largest absolute Gasteiger partial charge is 0.457 e. The Morgan fingerprint density at radius 1 is 0.647 bits per heavy atom. The zero-order valence-electron chi connectivity index (χ0n) is 26.3. The Kier molecular flexibility index (Phi) is 12.1. The van der Waals surface area contributed by atoms with Crippen LogP contribution in [0.4, 0.5) is 0 Å². The Hall–Kier alpha value is -3.77. The van der Waals surface area contributed by atoms with Crippen LogP contribution in [0.2, 0.25) is 30.4 Å². The number of hydrogen-bond acceptors (Lipinski definition) is 7. The molecule has 1 saturated heterocycles. The van der Waals surface area contributed by atoms with E-state index in [0.29, 0.717) is 84.3 Å². The van der Waals surface area contributed by atoms with Crippen LogP contribution in [0.15, 0.2) is 110 Å². The highest BCUT2D eigenvalue weighted by Crippen LogP contribution is 2.40. The number of rotatable bonds is 10. The standard InChI is InChI=1S/C19H15Cl3N2O3.C17H11Cl3N2O2/c20-13-1-3-14(4-2-13)27-15-5-6-16(17(21)9-15)19(25-7-8-26-19)11-24-12-23-10-18(24)22;18-11-1-3-12(4-2-11)24-13-5-6-14(15(19)7-13)16(23)9-22-10-21-8-17(22)20/h1-6,9-10,12H,7-8,11H2;1-8,10H,9H2. The summed E-state index contributed by atoms with van der Waals surface area (Å²) in [5, 5.41) is 2.93. The van der Waals surface area contributed by atoms with Crippen molar-refractivity contribution in [1.29, 1.82) is 0 Å². The molecule has 3 heterocycles. The third-order valence-corrected chi connectivity index (χ3v) is 9.22. The van der Waals surface area contributed by atoms with Gasteiger partial charge in [0.1, 0.15) is 33.3 Å². The van der Waals surface area contributed by atoms with Gasteiger partial charge >= 0.3 is 0 Å². The van der Waals surface area contributed by atoms with E-state index < -0.39 is 5.79 Å². The van der Waals surface area contributed by atoms with Crippen molar-refractivity contribution in [2.45, 2.75) is 18.9 Å². The first kappa shape index (κ1) is 37.0. The van der Waals surface area contributed by atoms with Crippen LogP contribution in [-0.4, -0.2) is 38.1 Å². The Labute approximate surface area is 323 Å². The fourth-order valence-electron chi connectivity index (χ4n) is 5.02. The summed E-state index contributed by atoms with van der Waals surface area (Å²) >= 11 is 36.6. The molecule has 2 aromatic heterocycles. The number of carbonyl (C=O) groups is 1. The molecule has 1 aliphatic rings. The van der Waals surface area contributed by atoms with Crippen molar-refractivity contribution in [3.05, 3.63) is 152 Å². The molecule has 0 amide bonds. The minimum atomic E-state index is -1.03. The van der Waals surface area contributed by atoms with Crippen molar-refractivity contribution in [2.75, 3.05) is 13.2 Å².